The molecule has 0 fully saturated rings. The zero-order valence-electron chi connectivity index (χ0n) is 3.70. The topological polar surface area (TPSA) is 108 Å². The van der Waals surface area contributed by atoms with Crippen molar-refractivity contribution in [3.63, 3.8) is 0 Å². The summed E-state index contributed by atoms with van der Waals surface area (Å²) in [5.41, 5.74) is 4.35. The molecular weight excluding hydrogens is 114 g/mol. The van der Waals surface area contributed by atoms with E-state index in [4.69, 9.17) is 0 Å². The number of amides is 3. The second-order valence-electron chi connectivity index (χ2n) is 0.804. The lowest BCUT2D eigenvalue weighted by Gasteiger charge is -1.83. The average Bonchev–Trinajstić information content (AvgIpc) is 1.61. The number of primary amides is 1. The zero-order chi connectivity index (χ0) is 6.57. The molecule has 0 aromatic carbocycles. The van der Waals surface area contributed by atoms with Crippen molar-refractivity contribution in [1.29, 1.82) is 0 Å². The van der Waals surface area contributed by atoms with Gasteiger partial charge in [-0.3, -0.25) is 0 Å². The van der Waals surface area contributed by atoms with Crippen LogP contribution in [-0.2, 0) is 0 Å². The van der Waals surface area contributed by atoms with Gasteiger partial charge in [-0.05, 0) is 0 Å². The number of rotatable bonds is 0. The predicted molar refractivity (Wildman–Crippen MR) is 19.8 cm³/mol. The number of hydrogen-bond donors (Lipinski definition) is 1. The fraction of sp³-hybridized carbons (Fsp3) is 0. The third-order valence-corrected chi connectivity index (χ3v) is 0.230. The van der Waals surface area contributed by atoms with Crippen LogP contribution in [0.25, 0.3) is 0 Å². The van der Waals surface area contributed by atoms with Gasteiger partial charge >= 0.3 is 6.03 Å². The number of urea groups is 1. The number of carbonyl (C=O) groups excluding carboxylic acids is 2. The monoisotopic (exact) mass is 116 g/mol. The summed E-state index contributed by atoms with van der Waals surface area (Å²) in [6.07, 6.45) is -1.79. The van der Waals surface area contributed by atoms with Gasteiger partial charge in [0, 0.05) is 0 Å². The third-order valence-electron chi connectivity index (χ3n) is 0.230. The smallest absolute Gasteiger partial charge is 0.357 e. The lowest BCUT2D eigenvalue weighted by atomic mass is 11.1. The minimum absolute atomic E-state index is 1.16. The van der Waals surface area contributed by atoms with Crippen molar-refractivity contribution in [2.75, 3.05) is 0 Å². The van der Waals surface area contributed by atoms with Crippen molar-refractivity contribution in [2.24, 2.45) is 16.0 Å². The lowest BCUT2D eigenvalue weighted by molar-refractivity contribution is -0.246. The summed E-state index contributed by atoms with van der Waals surface area (Å²) in [6.45, 7) is 0. The van der Waals surface area contributed by atoms with Crippen molar-refractivity contribution in [3.8, 4) is 0 Å². The van der Waals surface area contributed by atoms with E-state index in [1.54, 1.807) is 0 Å². The number of hydrogen-bond acceptors (Lipinski definition) is 3. The first kappa shape index (κ1) is 6.54. The highest BCUT2D eigenvalue weighted by atomic mass is 16.4. The molecule has 0 saturated carbocycles. The summed E-state index contributed by atoms with van der Waals surface area (Å²) in [7, 11) is 0. The van der Waals surface area contributed by atoms with Gasteiger partial charge in [0.05, 0.1) is 0 Å². The van der Waals surface area contributed by atoms with Gasteiger partial charge in [-0.25, -0.2) is 4.79 Å². The summed E-state index contributed by atoms with van der Waals surface area (Å²) in [5, 5.41) is 14.0. The first-order valence-corrected chi connectivity index (χ1v) is 1.55. The van der Waals surface area contributed by atoms with E-state index >= 15 is 0 Å². The fourth-order valence-corrected chi connectivity index (χ4v) is 0.0901. The Kier molecular flexibility index (Phi) is 2.18. The van der Waals surface area contributed by atoms with E-state index in [0.29, 0.717) is 0 Å². The highest BCUT2D eigenvalue weighted by molar-refractivity contribution is 5.74. The van der Waals surface area contributed by atoms with Gasteiger partial charge in [0.15, 0.2) is 6.09 Å². The van der Waals surface area contributed by atoms with E-state index in [2.05, 4.69) is 16.0 Å². The zero-order valence-corrected chi connectivity index (χ0v) is 3.70. The first-order chi connectivity index (χ1) is 3.63. The molecule has 0 rings (SSSR count). The molecule has 8 heavy (non-hydrogen) atoms. The fourth-order valence-electron chi connectivity index (χ4n) is 0.0901. The van der Waals surface area contributed by atoms with Crippen LogP contribution < -0.4 is 10.8 Å². The molecule has 2 N–H and O–H groups in total. The molecule has 6 nitrogen and oxygen atoms in total. The maximum atomic E-state index is 9.57. The van der Waals surface area contributed by atoms with Crippen molar-refractivity contribution >= 4 is 12.1 Å². The second kappa shape index (κ2) is 2.67. The van der Waals surface area contributed by atoms with Gasteiger partial charge in [-0.1, -0.05) is 5.11 Å². The van der Waals surface area contributed by atoms with Crippen LogP contribution in [0, 0.1) is 0 Å². The van der Waals surface area contributed by atoms with E-state index in [9.17, 15) is 14.7 Å². The molecule has 0 heterocycles. The highest BCUT2D eigenvalue weighted by Crippen LogP contribution is 1.71. The molecular formula is C2H2N3O3-. The molecule has 0 aromatic rings. The Morgan fingerprint density at radius 1 is 1.38 bits per heavy atom. The Morgan fingerprint density at radius 2 is 1.88 bits per heavy atom. The van der Waals surface area contributed by atoms with Crippen LogP contribution in [0.1, 0.15) is 0 Å². The Balaban J connectivity index is 3.67. The molecule has 3 amide bonds. The maximum absolute atomic E-state index is 9.57. The molecule has 0 radical (unpaired) electrons. The second-order valence-corrected chi connectivity index (χ2v) is 0.804. The highest BCUT2D eigenvalue weighted by Gasteiger charge is 1.81. The van der Waals surface area contributed by atoms with Crippen LogP contribution >= 0.6 is 0 Å². The van der Waals surface area contributed by atoms with Crippen LogP contribution in [0.3, 0.4) is 0 Å². The van der Waals surface area contributed by atoms with Crippen LogP contribution in [0.5, 0.6) is 0 Å². The Labute approximate surface area is 44.0 Å². The SMILES string of the molecule is NC(=O)/N=N/C(=O)[O-]. The van der Waals surface area contributed by atoms with Gasteiger partial charge in [0.25, 0.3) is 0 Å². The quantitative estimate of drug-likeness (QED) is 0.404. The van der Waals surface area contributed by atoms with Crippen molar-refractivity contribution in [1.82, 2.24) is 0 Å². The van der Waals surface area contributed by atoms with Gasteiger partial charge < -0.3 is 15.6 Å². The van der Waals surface area contributed by atoms with Crippen LogP contribution in [-0.4, -0.2) is 12.1 Å². The molecule has 44 valence electrons. The number of carbonyl (C=O) groups is 2. The number of carboxylic acid groups (broad SMARTS) is 1. The summed E-state index contributed by atoms with van der Waals surface area (Å²) < 4.78 is 0. The number of azo groups is 1. The van der Waals surface area contributed by atoms with E-state index < -0.39 is 12.1 Å². The molecule has 0 aliphatic rings. The van der Waals surface area contributed by atoms with Crippen molar-refractivity contribution < 1.29 is 14.7 Å². The Morgan fingerprint density at radius 3 is 2.00 bits per heavy atom. The van der Waals surface area contributed by atoms with Crippen molar-refractivity contribution in [3.05, 3.63) is 0 Å². The van der Waals surface area contributed by atoms with E-state index in [1.165, 1.54) is 0 Å². The lowest BCUT2D eigenvalue weighted by Crippen LogP contribution is -2.17. The summed E-state index contributed by atoms with van der Waals surface area (Å²) in [5.74, 6) is 0. The summed E-state index contributed by atoms with van der Waals surface area (Å²) in [4.78, 5) is 18.9. The molecule has 6 heteroatoms. The minimum atomic E-state index is -1.79. The van der Waals surface area contributed by atoms with Gasteiger partial charge in [0.1, 0.15) is 0 Å². The van der Waals surface area contributed by atoms with E-state index in [0.717, 1.165) is 0 Å². The maximum Gasteiger partial charge on any atom is 0.357 e. The average molecular weight is 116 g/mol. The molecule has 0 aliphatic carbocycles. The molecule has 0 bridgehead atoms. The van der Waals surface area contributed by atoms with Crippen molar-refractivity contribution in [2.45, 2.75) is 0 Å². The van der Waals surface area contributed by atoms with Gasteiger partial charge in [-0.2, -0.15) is 0 Å². The standard InChI is InChI=1S/C2H3N3O3/c3-1(6)4-5-2(7)8/h(H2,3,6)(H,7,8)/p-1/b5-4+. The first-order valence-electron chi connectivity index (χ1n) is 1.55. The van der Waals surface area contributed by atoms with Crippen LogP contribution in [0.15, 0.2) is 10.2 Å². The summed E-state index contributed by atoms with van der Waals surface area (Å²) in [6, 6.07) is -1.16. The molecule has 0 spiro atoms. The molecule has 0 saturated heterocycles. The largest absolute Gasteiger partial charge is 0.527 e. The normalized spacial score (nSPS) is 9.50. The molecule has 0 atom stereocenters. The minimum Gasteiger partial charge on any atom is -0.527 e. The van der Waals surface area contributed by atoms with Crippen LogP contribution in [0.2, 0.25) is 0 Å². The van der Waals surface area contributed by atoms with Gasteiger partial charge in [0.2, 0.25) is 0 Å². The summed E-state index contributed by atoms with van der Waals surface area (Å²) >= 11 is 0. The van der Waals surface area contributed by atoms with E-state index in [1.807, 2.05) is 0 Å². The molecule has 0 unspecified atom stereocenters. The third kappa shape index (κ3) is 4.54. The molecule has 0 aromatic heterocycles. The van der Waals surface area contributed by atoms with Crippen LogP contribution in [0.4, 0.5) is 9.59 Å². The van der Waals surface area contributed by atoms with Gasteiger partial charge in [-0.15, -0.1) is 5.11 Å². The van der Waals surface area contributed by atoms with E-state index in [-0.39, 0.29) is 0 Å². The predicted octanol–water partition coefficient (Wildman–Crippen LogP) is -1.14. The molecule has 0 aliphatic heterocycles. The number of nitrogens with two attached hydrogens (primary N) is 1. The number of nitrogens with zero attached hydrogens (tertiary/aromatic N) is 2. The Hall–Kier alpha value is -1.46. The Bertz CT molecular complexity index is 123.